The molecule has 8 heteroatoms. The van der Waals surface area contributed by atoms with Crippen LogP contribution in [0.25, 0.3) is 0 Å². The van der Waals surface area contributed by atoms with Crippen molar-refractivity contribution in [2.45, 2.75) is 24.9 Å². The van der Waals surface area contributed by atoms with E-state index in [1.165, 1.54) is 23.5 Å². The van der Waals surface area contributed by atoms with Crippen LogP contribution in [-0.4, -0.2) is 20.4 Å². The molecule has 0 aliphatic carbocycles. The Hall–Kier alpha value is -1.35. The van der Waals surface area contributed by atoms with E-state index in [9.17, 15) is 12.8 Å². The van der Waals surface area contributed by atoms with Crippen molar-refractivity contribution in [3.8, 4) is 0 Å². The number of aromatic nitrogens is 1. The van der Waals surface area contributed by atoms with Crippen LogP contribution >= 0.6 is 11.3 Å². The van der Waals surface area contributed by atoms with Crippen molar-refractivity contribution in [3.63, 3.8) is 0 Å². The van der Waals surface area contributed by atoms with Gasteiger partial charge in [-0.1, -0.05) is 0 Å². The molecule has 0 aliphatic heterocycles. The highest BCUT2D eigenvalue weighted by atomic mass is 32.2. The van der Waals surface area contributed by atoms with Crippen molar-refractivity contribution in [2.75, 3.05) is 7.05 Å². The Morgan fingerprint density at radius 3 is 2.71 bits per heavy atom. The lowest BCUT2D eigenvalue weighted by molar-refractivity contribution is 0.575. The molecule has 2 aromatic rings. The Bertz CT molecular complexity index is 715. The minimum Gasteiger partial charge on any atom is -0.316 e. The van der Waals surface area contributed by atoms with E-state index in [0.29, 0.717) is 11.1 Å². The Labute approximate surface area is 127 Å². The van der Waals surface area contributed by atoms with E-state index >= 15 is 0 Å². The molecule has 5 nitrogen and oxygen atoms in total. The van der Waals surface area contributed by atoms with Crippen molar-refractivity contribution in [1.82, 2.24) is 15.0 Å². The second kappa shape index (κ2) is 6.61. The molecule has 0 saturated heterocycles. The topological polar surface area (TPSA) is 71.1 Å². The third-order valence-corrected chi connectivity index (χ3v) is 5.06. The molecule has 0 radical (unpaired) electrons. The van der Waals surface area contributed by atoms with Gasteiger partial charge in [-0.2, -0.15) is 0 Å². The average molecular weight is 329 g/mol. The number of aryl methyl sites for hydroxylation is 1. The Balaban J connectivity index is 2.27. The zero-order valence-electron chi connectivity index (χ0n) is 11.7. The van der Waals surface area contributed by atoms with Crippen molar-refractivity contribution in [3.05, 3.63) is 45.7 Å². The van der Waals surface area contributed by atoms with Crippen LogP contribution in [0, 0.1) is 12.7 Å². The summed E-state index contributed by atoms with van der Waals surface area (Å²) < 4.78 is 41.0. The van der Waals surface area contributed by atoms with Gasteiger partial charge in [-0.05, 0) is 31.7 Å². The van der Waals surface area contributed by atoms with Crippen molar-refractivity contribution in [1.29, 1.82) is 0 Å². The van der Waals surface area contributed by atoms with Gasteiger partial charge in [0.25, 0.3) is 0 Å². The third kappa shape index (κ3) is 3.85. The standard InChI is InChI=1S/C13H16FN3O2S2/c1-9-3-12(4-10(5-15-2)13(9)14)21(18,19)17-7-11-6-16-8-20-11/h3-4,6,8,15,17H,5,7H2,1-2H3. The van der Waals surface area contributed by atoms with Crippen LogP contribution in [0.3, 0.4) is 0 Å². The van der Waals surface area contributed by atoms with Crippen LogP contribution < -0.4 is 10.0 Å². The Morgan fingerprint density at radius 1 is 1.33 bits per heavy atom. The SMILES string of the molecule is CNCc1cc(S(=O)(=O)NCc2cncs2)cc(C)c1F. The number of halogens is 1. The minimum atomic E-state index is -3.68. The first-order valence-corrected chi connectivity index (χ1v) is 8.61. The van der Waals surface area contributed by atoms with Crippen LogP contribution in [-0.2, 0) is 23.1 Å². The lowest BCUT2D eigenvalue weighted by atomic mass is 10.1. The van der Waals surface area contributed by atoms with Gasteiger partial charge in [0.15, 0.2) is 0 Å². The highest BCUT2D eigenvalue weighted by Crippen LogP contribution is 2.19. The summed E-state index contributed by atoms with van der Waals surface area (Å²) in [5.41, 5.74) is 2.27. The van der Waals surface area contributed by atoms with Crippen molar-refractivity contribution < 1.29 is 12.8 Å². The fourth-order valence-corrected chi connectivity index (χ4v) is 3.63. The lowest BCUT2D eigenvalue weighted by Gasteiger charge is -2.11. The lowest BCUT2D eigenvalue weighted by Crippen LogP contribution is -2.23. The first-order valence-electron chi connectivity index (χ1n) is 6.24. The van der Waals surface area contributed by atoms with Crippen LogP contribution in [0.15, 0.2) is 28.7 Å². The summed E-state index contributed by atoms with van der Waals surface area (Å²) in [6, 6.07) is 2.69. The second-order valence-corrected chi connectivity index (χ2v) is 7.27. The summed E-state index contributed by atoms with van der Waals surface area (Å²) in [5.74, 6) is -0.384. The maximum Gasteiger partial charge on any atom is 0.240 e. The molecule has 0 amide bonds. The number of nitrogens with one attached hydrogen (secondary N) is 2. The van der Waals surface area contributed by atoms with E-state index in [-0.39, 0.29) is 23.8 Å². The summed E-state index contributed by atoms with van der Waals surface area (Å²) in [7, 11) is -2.00. The molecule has 1 aromatic heterocycles. The van der Waals surface area contributed by atoms with Gasteiger partial charge in [-0.3, -0.25) is 4.98 Å². The number of rotatable bonds is 6. The maximum atomic E-state index is 13.9. The summed E-state index contributed by atoms with van der Waals surface area (Å²) in [6.07, 6.45) is 1.61. The zero-order chi connectivity index (χ0) is 15.5. The fraction of sp³-hybridized carbons (Fsp3) is 0.308. The van der Waals surface area contributed by atoms with Crippen molar-refractivity contribution in [2.24, 2.45) is 0 Å². The van der Waals surface area contributed by atoms with E-state index in [1.54, 1.807) is 25.7 Å². The zero-order valence-corrected chi connectivity index (χ0v) is 13.3. The largest absolute Gasteiger partial charge is 0.316 e. The molecule has 0 fully saturated rings. The average Bonchev–Trinajstić information content (AvgIpc) is 2.95. The van der Waals surface area contributed by atoms with Gasteiger partial charge in [0.05, 0.1) is 10.4 Å². The smallest absolute Gasteiger partial charge is 0.240 e. The van der Waals surface area contributed by atoms with Crippen molar-refractivity contribution >= 4 is 21.4 Å². The molecule has 2 rings (SSSR count). The normalized spacial score (nSPS) is 11.8. The third-order valence-electron chi connectivity index (χ3n) is 2.90. The molecule has 2 N–H and O–H groups in total. The molecule has 1 heterocycles. The summed E-state index contributed by atoms with van der Waals surface area (Å²) in [5, 5.41) is 2.82. The number of hydrogen-bond donors (Lipinski definition) is 2. The van der Waals surface area contributed by atoms with Crippen LogP contribution in [0.2, 0.25) is 0 Å². The fourth-order valence-electron chi connectivity index (χ4n) is 1.86. The summed E-state index contributed by atoms with van der Waals surface area (Å²) in [4.78, 5) is 4.76. The number of hydrogen-bond acceptors (Lipinski definition) is 5. The van der Waals surface area contributed by atoms with Crippen LogP contribution in [0.1, 0.15) is 16.0 Å². The number of sulfonamides is 1. The second-order valence-electron chi connectivity index (χ2n) is 4.54. The van der Waals surface area contributed by atoms with Crippen LogP contribution in [0.4, 0.5) is 4.39 Å². The summed E-state index contributed by atoms with van der Waals surface area (Å²) >= 11 is 1.37. The highest BCUT2D eigenvalue weighted by molar-refractivity contribution is 7.89. The molecule has 0 aliphatic rings. The van der Waals surface area contributed by atoms with Crippen LogP contribution in [0.5, 0.6) is 0 Å². The number of thiazole rings is 1. The Morgan fingerprint density at radius 2 is 2.10 bits per heavy atom. The van der Waals surface area contributed by atoms with Gasteiger partial charge in [0.1, 0.15) is 5.82 Å². The minimum absolute atomic E-state index is 0.0659. The maximum absolute atomic E-state index is 13.9. The molecule has 0 spiro atoms. The number of benzene rings is 1. The van der Waals surface area contributed by atoms with Gasteiger partial charge in [-0.25, -0.2) is 17.5 Å². The molecule has 0 saturated carbocycles. The van der Waals surface area contributed by atoms with E-state index in [4.69, 9.17) is 0 Å². The van der Waals surface area contributed by atoms with Gasteiger partial charge in [-0.15, -0.1) is 11.3 Å². The molecular weight excluding hydrogens is 313 g/mol. The summed E-state index contributed by atoms with van der Waals surface area (Å²) in [6.45, 7) is 1.99. The van der Waals surface area contributed by atoms with E-state index in [2.05, 4.69) is 15.0 Å². The first kappa shape index (κ1) is 16.0. The molecule has 114 valence electrons. The highest BCUT2D eigenvalue weighted by Gasteiger charge is 2.18. The molecule has 1 aromatic carbocycles. The Kier molecular flexibility index (Phi) is 5.04. The van der Waals surface area contributed by atoms with Gasteiger partial charge in [0.2, 0.25) is 10.0 Å². The van der Waals surface area contributed by atoms with E-state index in [0.717, 1.165) is 4.88 Å². The molecule has 0 atom stereocenters. The van der Waals surface area contributed by atoms with E-state index < -0.39 is 10.0 Å². The first-order chi connectivity index (χ1) is 9.94. The number of nitrogens with zero attached hydrogens (tertiary/aromatic N) is 1. The molecular formula is C13H16FN3O2S2. The monoisotopic (exact) mass is 329 g/mol. The van der Waals surface area contributed by atoms with Gasteiger partial charge >= 0.3 is 0 Å². The molecule has 21 heavy (non-hydrogen) atoms. The van der Waals surface area contributed by atoms with E-state index in [1.807, 2.05) is 0 Å². The quantitative estimate of drug-likeness (QED) is 0.847. The molecule has 0 unspecified atom stereocenters. The predicted octanol–water partition coefficient (Wildman–Crippen LogP) is 1.79. The predicted molar refractivity (Wildman–Crippen MR) is 80.0 cm³/mol. The van der Waals surface area contributed by atoms with Gasteiger partial charge in [0, 0.05) is 29.7 Å². The molecule has 0 bridgehead atoms. The van der Waals surface area contributed by atoms with Gasteiger partial charge < -0.3 is 5.32 Å².